The van der Waals surface area contributed by atoms with Gasteiger partial charge in [-0.25, -0.2) is 0 Å². The van der Waals surface area contributed by atoms with E-state index in [1.165, 1.54) is 25.7 Å². The summed E-state index contributed by atoms with van der Waals surface area (Å²) in [4.78, 5) is 0. The lowest BCUT2D eigenvalue weighted by Gasteiger charge is -1.86. The van der Waals surface area contributed by atoms with Gasteiger partial charge in [-0.2, -0.15) is 0 Å². The third kappa shape index (κ3) is 32.6. The van der Waals surface area contributed by atoms with E-state index in [-0.39, 0.29) is 6.15 Å². The van der Waals surface area contributed by atoms with Crippen molar-refractivity contribution in [3.8, 4) is 0 Å². The number of hydrogen-bond donors (Lipinski definition) is 2. The Morgan fingerprint density at radius 3 is 1.17 bits per heavy atom. The fourth-order valence-corrected chi connectivity index (χ4v) is 0.750. The highest BCUT2D eigenvalue weighted by Crippen LogP contribution is 1.95. The first-order chi connectivity index (χ1) is 5.33. The summed E-state index contributed by atoms with van der Waals surface area (Å²) in [6, 6.07) is 0. The Bertz CT molecular complexity index is 41.1. The first kappa shape index (κ1) is 17.9. The van der Waals surface area contributed by atoms with Crippen molar-refractivity contribution < 1.29 is 0 Å². The minimum absolute atomic E-state index is 0. The number of rotatable bonds is 5. The number of hydrogen-bond acceptors (Lipinski definition) is 2. The van der Waals surface area contributed by atoms with Crippen molar-refractivity contribution in [1.29, 1.82) is 0 Å². The summed E-state index contributed by atoms with van der Waals surface area (Å²) < 4.78 is 0. The van der Waals surface area contributed by atoms with Crippen LogP contribution < -0.4 is 11.5 Å². The van der Waals surface area contributed by atoms with Gasteiger partial charge in [-0.1, -0.05) is 53.4 Å². The molecule has 0 aromatic heterocycles. The molecule has 78 valence electrons. The average Bonchev–Trinajstić information content (AvgIpc) is 2.04. The number of unbranched alkanes of at least 4 members (excludes halogenated alkanes) is 3. The summed E-state index contributed by atoms with van der Waals surface area (Å²) >= 11 is 0. The van der Waals surface area contributed by atoms with Crippen molar-refractivity contribution in [2.24, 2.45) is 0 Å². The molecule has 0 aliphatic rings. The topological polar surface area (TPSA) is 47.0 Å². The molecule has 0 amide bonds. The van der Waals surface area contributed by atoms with Crippen LogP contribution in [-0.4, -0.2) is 13.1 Å². The van der Waals surface area contributed by atoms with Gasteiger partial charge in [0, 0.05) is 0 Å². The van der Waals surface area contributed by atoms with Crippen LogP contribution in [0.15, 0.2) is 0 Å². The minimum atomic E-state index is 0. The van der Waals surface area contributed by atoms with E-state index in [1.54, 1.807) is 0 Å². The van der Waals surface area contributed by atoms with Crippen molar-refractivity contribution >= 4 is 0 Å². The predicted octanol–water partition coefficient (Wildman–Crippen LogP) is 3.36. The van der Waals surface area contributed by atoms with Crippen LogP contribution in [0, 0.1) is 0 Å². The molecule has 0 saturated heterocycles. The van der Waals surface area contributed by atoms with Crippen LogP contribution >= 0.6 is 0 Å². The first-order valence-corrected chi connectivity index (χ1v) is 5.04. The summed E-state index contributed by atoms with van der Waals surface area (Å²) in [6.07, 6.45) is 5.54. The van der Waals surface area contributed by atoms with Gasteiger partial charge in [-0.3, -0.25) is 0 Å². The lowest BCUT2D eigenvalue weighted by molar-refractivity contribution is 0.702. The maximum absolute atomic E-state index is 3.11. The van der Waals surface area contributed by atoms with Gasteiger partial charge < -0.3 is 11.5 Å². The Labute approximate surface area is 78.7 Å². The normalized spacial score (nSPS) is 8.00. The highest BCUT2D eigenvalue weighted by molar-refractivity contribution is 4.31. The largest absolute Gasteiger partial charge is 0.344 e. The van der Waals surface area contributed by atoms with Gasteiger partial charge in [0.25, 0.3) is 0 Å². The molecule has 0 atom stereocenters. The molecule has 0 aromatic rings. The van der Waals surface area contributed by atoms with Gasteiger partial charge >= 0.3 is 0 Å². The van der Waals surface area contributed by atoms with E-state index >= 15 is 0 Å². The molecule has 0 heterocycles. The molecule has 0 unspecified atom stereocenters. The van der Waals surface area contributed by atoms with Crippen LogP contribution in [0.1, 0.15) is 53.4 Å². The van der Waals surface area contributed by atoms with Gasteiger partial charge in [-0.05, 0) is 13.1 Å². The maximum Gasteiger partial charge on any atom is -0.00775 e. The molecule has 0 saturated carbocycles. The summed E-state index contributed by atoms with van der Waals surface area (Å²) in [6.45, 7) is 10.9. The molecule has 0 bridgehead atoms. The molecule has 0 radical (unpaired) electrons. The molecule has 0 aliphatic carbocycles. The Morgan fingerprint density at radius 1 is 0.750 bits per heavy atom. The second-order valence-electron chi connectivity index (χ2n) is 2.66. The molecule has 2 nitrogen and oxygen atoms in total. The molecule has 2 heteroatoms. The zero-order valence-electron chi connectivity index (χ0n) is 9.45. The molecule has 12 heavy (non-hydrogen) atoms. The smallest absolute Gasteiger partial charge is 0.00775 e. The van der Waals surface area contributed by atoms with E-state index in [0.29, 0.717) is 0 Å². The van der Waals surface area contributed by atoms with Crippen LogP contribution in [0.2, 0.25) is 0 Å². The second-order valence-corrected chi connectivity index (χ2v) is 2.66. The standard InChI is InChI=1S/C6H14.C4H11N.H3N/c1-3-5-6-4-2;1-3-5-4-2;/h3-6H2,1-2H3;5H,3-4H2,1-2H3;1H3. The quantitative estimate of drug-likeness (QED) is 0.631. The predicted molar refractivity (Wildman–Crippen MR) is 59.1 cm³/mol. The van der Waals surface area contributed by atoms with Crippen LogP contribution in [0.4, 0.5) is 0 Å². The van der Waals surface area contributed by atoms with E-state index in [4.69, 9.17) is 0 Å². The van der Waals surface area contributed by atoms with Gasteiger partial charge in [-0.15, -0.1) is 0 Å². The van der Waals surface area contributed by atoms with Gasteiger partial charge in [0.2, 0.25) is 0 Å². The highest BCUT2D eigenvalue weighted by atomic mass is 14.8. The highest BCUT2D eigenvalue weighted by Gasteiger charge is 1.75. The first-order valence-electron chi connectivity index (χ1n) is 5.04. The molecule has 0 fully saturated rings. The van der Waals surface area contributed by atoms with Crippen LogP contribution in [0.5, 0.6) is 0 Å². The van der Waals surface area contributed by atoms with Crippen LogP contribution in [0.25, 0.3) is 0 Å². The SMILES string of the molecule is CCCCCC.CCNCC.N. The van der Waals surface area contributed by atoms with Crippen LogP contribution in [-0.2, 0) is 0 Å². The van der Waals surface area contributed by atoms with E-state index in [0.717, 1.165) is 13.1 Å². The molecular formula is C10H28N2. The van der Waals surface area contributed by atoms with Crippen molar-refractivity contribution in [1.82, 2.24) is 11.5 Å². The molecule has 0 rings (SSSR count). The molecule has 0 aliphatic heterocycles. The zero-order valence-corrected chi connectivity index (χ0v) is 9.45. The fourth-order valence-electron chi connectivity index (χ4n) is 0.750. The number of nitrogens with one attached hydrogen (secondary N) is 1. The lowest BCUT2D eigenvalue weighted by atomic mass is 10.2. The van der Waals surface area contributed by atoms with E-state index in [2.05, 4.69) is 33.0 Å². The maximum atomic E-state index is 3.11. The van der Waals surface area contributed by atoms with Crippen LogP contribution in [0.3, 0.4) is 0 Å². The Kier molecular flexibility index (Phi) is 33.4. The van der Waals surface area contributed by atoms with Gasteiger partial charge in [0.05, 0.1) is 0 Å². The molecule has 0 spiro atoms. The Balaban J connectivity index is -0.000000126. The third-order valence-electron chi connectivity index (χ3n) is 1.46. The van der Waals surface area contributed by atoms with Crippen molar-refractivity contribution in [3.63, 3.8) is 0 Å². The molecule has 0 aromatic carbocycles. The van der Waals surface area contributed by atoms with Crippen molar-refractivity contribution in [2.45, 2.75) is 53.4 Å². The second kappa shape index (κ2) is 22.4. The summed E-state index contributed by atoms with van der Waals surface area (Å²) in [7, 11) is 0. The van der Waals surface area contributed by atoms with E-state index in [9.17, 15) is 0 Å². The van der Waals surface area contributed by atoms with Crippen molar-refractivity contribution in [3.05, 3.63) is 0 Å². The third-order valence-corrected chi connectivity index (χ3v) is 1.46. The summed E-state index contributed by atoms with van der Waals surface area (Å²) in [5, 5.41) is 3.11. The fraction of sp³-hybridized carbons (Fsp3) is 1.00. The monoisotopic (exact) mass is 176 g/mol. The van der Waals surface area contributed by atoms with Gasteiger partial charge in [0.15, 0.2) is 0 Å². The summed E-state index contributed by atoms with van der Waals surface area (Å²) in [5.41, 5.74) is 0. The minimum Gasteiger partial charge on any atom is -0.344 e. The van der Waals surface area contributed by atoms with E-state index in [1.807, 2.05) is 0 Å². The lowest BCUT2D eigenvalue weighted by Crippen LogP contribution is -2.09. The van der Waals surface area contributed by atoms with E-state index < -0.39 is 0 Å². The van der Waals surface area contributed by atoms with Crippen molar-refractivity contribution in [2.75, 3.05) is 13.1 Å². The zero-order chi connectivity index (χ0) is 8.95. The molecular weight excluding hydrogens is 148 g/mol. The average molecular weight is 176 g/mol. The summed E-state index contributed by atoms with van der Waals surface area (Å²) in [5.74, 6) is 0. The Hall–Kier alpha value is -0.0800. The van der Waals surface area contributed by atoms with Gasteiger partial charge in [0.1, 0.15) is 0 Å². The Morgan fingerprint density at radius 2 is 1.08 bits per heavy atom. The molecule has 4 N–H and O–H groups in total.